The molecule has 0 spiro atoms. The van der Waals surface area contributed by atoms with Gasteiger partial charge < -0.3 is 15.5 Å². The van der Waals surface area contributed by atoms with Crippen molar-refractivity contribution >= 4 is 17.5 Å². The Balaban J connectivity index is 1.89. The number of benzene rings is 2. The van der Waals surface area contributed by atoms with E-state index in [-0.39, 0.29) is 29.9 Å². The van der Waals surface area contributed by atoms with Gasteiger partial charge in [-0.05, 0) is 48.7 Å². The topological polar surface area (TPSA) is 69.6 Å². The van der Waals surface area contributed by atoms with Crippen molar-refractivity contribution in [1.29, 1.82) is 0 Å². The van der Waals surface area contributed by atoms with Crippen LogP contribution in [0.5, 0.6) is 11.5 Å². The molecular formula is C17H18ClNO3. The molecule has 0 fully saturated rings. The lowest BCUT2D eigenvalue weighted by Crippen LogP contribution is -2.35. The second-order valence-corrected chi connectivity index (χ2v) is 5.74. The number of rotatable bonds is 5. The van der Waals surface area contributed by atoms with E-state index in [9.17, 15) is 15.0 Å². The molecule has 5 heteroatoms. The Morgan fingerprint density at radius 2 is 1.91 bits per heavy atom. The Bertz CT molecular complexity index is 673. The number of phenols is 2. The summed E-state index contributed by atoms with van der Waals surface area (Å²) in [6, 6.07) is 11.8. The van der Waals surface area contributed by atoms with Gasteiger partial charge in [0.1, 0.15) is 0 Å². The smallest absolute Gasteiger partial charge is 0.224 e. The maximum atomic E-state index is 12.0. The van der Waals surface area contributed by atoms with Crippen molar-refractivity contribution in [2.45, 2.75) is 25.8 Å². The van der Waals surface area contributed by atoms with Crippen LogP contribution in [0.1, 0.15) is 18.1 Å². The van der Waals surface area contributed by atoms with Gasteiger partial charge in [0.2, 0.25) is 5.91 Å². The van der Waals surface area contributed by atoms with Gasteiger partial charge in [-0.1, -0.05) is 29.8 Å². The highest BCUT2D eigenvalue weighted by Gasteiger charge is 2.10. The van der Waals surface area contributed by atoms with Gasteiger partial charge in [0.15, 0.2) is 11.5 Å². The molecular weight excluding hydrogens is 302 g/mol. The Hall–Kier alpha value is -2.20. The highest BCUT2D eigenvalue weighted by atomic mass is 35.5. The summed E-state index contributed by atoms with van der Waals surface area (Å²) < 4.78 is 0. The molecule has 116 valence electrons. The van der Waals surface area contributed by atoms with Gasteiger partial charge in [-0.3, -0.25) is 4.79 Å². The minimum absolute atomic E-state index is 0.0854. The monoisotopic (exact) mass is 319 g/mol. The normalized spacial score (nSPS) is 11.9. The average Bonchev–Trinajstić information content (AvgIpc) is 2.42. The fraction of sp³-hybridized carbons (Fsp3) is 0.235. The Morgan fingerprint density at radius 1 is 1.14 bits per heavy atom. The fourth-order valence-electron chi connectivity index (χ4n) is 2.26. The van der Waals surface area contributed by atoms with Gasteiger partial charge in [0.25, 0.3) is 0 Å². The molecule has 0 heterocycles. The zero-order valence-electron chi connectivity index (χ0n) is 12.2. The van der Waals surface area contributed by atoms with Gasteiger partial charge in [-0.15, -0.1) is 0 Å². The number of halogens is 1. The molecule has 0 bridgehead atoms. The first-order chi connectivity index (χ1) is 10.4. The largest absolute Gasteiger partial charge is 0.504 e. The van der Waals surface area contributed by atoms with Crippen molar-refractivity contribution in [2.75, 3.05) is 0 Å². The van der Waals surface area contributed by atoms with E-state index in [1.807, 2.05) is 19.1 Å². The van der Waals surface area contributed by atoms with Gasteiger partial charge in [0.05, 0.1) is 6.42 Å². The molecule has 4 nitrogen and oxygen atoms in total. The maximum absolute atomic E-state index is 12.0. The second kappa shape index (κ2) is 7.18. The van der Waals surface area contributed by atoms with Gasteiger partial charge >= 0.3 is 0 Å². The van der Waals surface area contributed by atoms with E-state index in [1.54, 1.807) is 18.2 Å². The lowest BCUT2D eigenvalue weighted by molar-refractivity contribution is -0.121. The fourth-order valence-corrected chi connectivity index (χ4v) is 2.47. The van der Waals surface area contributed by atoms with E-state index in [4.69, 9.17) is 11.6 Å². The number of nitrogens with one attached hydrogen (secondary N) is 1. The summed E-state index contributed by atoms with van der Waals surface area (Å²) in [6.45, 7) is 1.89. The molecule has 0 aromatic heterocycles. The standard InChI is InChI=1S/C17H18ClNO3/c1-11(7-13-5-6-15(20)16(21)9-13)19-17(22)10-12-3-2-4-14(18)8-12/h2-6,8-9,11,20-21H,7,10H2,1H3,(H,19,22)/t11-/m1/s1. The predicted molar refractivity (Wildman–Crippen MR) is 86.2 cm³/mol. The average molecular weight is 320 g/mol. The lowest BCUT2D eigenvalue weighted by Gasteiger charge is -2.14. The number of phenolic OH excluding ortho intramolecular Hbond substituents is 2. The summed E-state index contributed by atoms with van der Waals surface area (Å²) >= 11 is 5.89. The van der Waals surface area contributed by atoms with Crippen molar-refractivity contribution in [3.05, 3.63) is 58.6 Å². The van der Waals surface area contributed by atoms with E-state index < -0.39 is 0 Å². The Morgan fingerprint density at radius 3 is 2.59 bits per heavy atom. The molecule has 3 N–H and O–H groups in total. The number of hydrogen-bond donors (Lipinski definition) is 3. The molecule has 0 unspecified atom stereocenters. The van der Waals surface area contributed by atoms with Crippen LogP contribution in [-0.4, -0.2) is 22.2 Å². The summed E-state index contributed by atoms with van der Waals surface area (Å²) in [5.74, 6) is -0.394. The van der Waals surface area contributed by atoms with Crippen molar-refractivity contribution in [2.24, 2.45) is 0 Å². The molecule has 0 saturated heterocycles. The second-order valence-electron chi connectivity index (χ2n) is 5.30. The van der Waals surface area contributed by atoms with Crippen molar-refractivity contribution in [3.63, 3.8) is 0 Å². The van der Waals surface area contributed by atoms with Crippen LogP contribution in [0.25, 0.3) is 0 Å². The first kappa shape index (κ1) is 16.2. The van der Waals surface area contributed by atoms with Crippen LogP contribution in [0.4, 0.5) is 0 Å². The Kier molecular flexibility index (Phi) is 5.28. The van der Waals surface area contributed by atoms with Crippen LogP contribution in [0.2, 0.25) is 5.02 Å². The van der Waals surface area contributed by atoms with Crippen LogP contribution >= 0.6 is 11.6 Å². The zero-order valence-corrected chi connectivity index (χ0v) is 13.0. The van der Waals surface area contributed by atoms with E-state index in [1.165, 1.54) is 12.1 Å². The summed E-state index contributed by atoms with van der Waals surface area (Å²) in [7, 11) is 0. The quantitative estimate of drug-likeness (QED) is 0.742. The number of carbonyl (C=O) groups excluding carboxylic acids is 1. The molecule has 0 aliphatic heterocycles. The van der Waals surface area contributed by atoms with Crippen LogP contribution < -0.4 is 5.32 Å². The first-order valence-electron chi connectivity index (χ1n) is 6.98. The molecule has 2 aromatic carbocycles. The first-order valence-corrected chi connectivity index (χ1v) is 7.36. The number of hydrogen-bond acceptors (Lipinski definition) is 3. The molecule has 2 aromatic rings. The molecule has 0 aliphatic carbocycles. The van der Waals surface area contributed by atoms with Crippen LogP contribution in [0.3, 0.4) is 0 Å². The third kappa shape index (κ3) is 4.67. The van der Waals surface area contributed by atoms with E-state index in [2.05, 4.69) is 5.32 Å². The van der Waals surface area contributed by atoms with E-state index >= 15 is 0 Å². The molecule has 1 atom stereocenters. The highest BCUT2D eigenvalue weighted by Crippen LogP contribution is 2.25. The third-order valence-electron chi connectivity index (χ3n) is 3.24. The van der Waals surface area contributed by atoms with Gasteiger partial charge in [-0.2, -0.15) is 0 Å². The summed E-state index contributed by atoms with van der Waals surface area (Å²) in [6.07, 6.45) is 0.834. The molecule has 2 rings (SSSR count). The maximum Gasteiger partial charge on any atom is 0.224 e. The minimum atomic E-state index is -0.157. The predicted octanol–water partition coefficient (Wildman–Crippen LogP) is 3.04. The van der Waals surface area contributed by atoms with Gasteiger partial charge in [0, 0.05) is 11.1 Å². The summed E-state index contributed by atoms with van der Waals surface area (Å²) in [5.41, 5.74) is 1.70. The molecule has 0 aliphatic rings. The number of amides is 1. The third-order valence-corrected chi connectivity index (χ3v) is 3.48. The molecule has 1 amide bonds. The lowest BCUT2D eigenvalue weighted by atomic mass is 10.1. The Labute approximate surface area is 134 Å². The van der Waals surface area contributed by atoms with Gasteiger partial charge in [-0.25, -0.2) is 0 Å². The van der Waals surface area contributed by atoms with Crippen LogP contribution in [0.15, 0.2) is 42.5 Å². The van der Waals surface area contributed by atoms with E-state index in [0.29, 0.717) is 11.4 Å². The number of carbonyl (C=O) groups is 1. The van der Waals surface area contributed by atoms with Crippen molar-refractivity contribution in [1.82, 2.24) is 5.32 Å². The van der Waals surface area contributed by atoms with Crippen molar-refractivity contribution in [3.8, 4) is 11.5 Å². The molecule has 0 saturated carbocycles. The minimum Gasteiger partial charge on any atom is -0.504 e. The summed E-state index contributed by atoms with van der Waals surface area (Å²) in [4.78, 5) is 12.0. The van der Waals surface area contributed by atoms with E-state index in [0.717, 1.165) is 11.1 Å². The van der Waals surface area contributed by atoms with Crippen LogP contribution in [0, 0.1) is 0 Å². The molecule has 22 heavy (non-hydrogen) atoms. The zero-order chi connectivity index (χ0) is 16.1. The SMILES string of the molecule is C[C@H](Cc1ccc(O)c(O)c1)NC(=O)Cc1cccc(Cl)c1. The highest BCUT2D eigenvalue weighted by molar-refractivity contribution is 6.30. The summed E-state index contributed by atoms with van der Waals surface area (Å²) in [5, 5.41) is 22.3. The number of aromatic hydroxyl groups is 2. The molecule has 0 radical (unpaired) electrons. The van der Waals surface area contributed by atoms with Crippen LogP contribution in [-0.2, 0) is 17.6 Å². The van der Waals surface area contributed by atoms with Crippen molar-refractivity contribution < 1.29 is 15.0 Å².